The van der Waals surface area contributed by atoms with Gasteiger partial charge in [-0.3, -0.25) is 14.6 Å². The Morgan fingerprint density at radius 2 is 1.92 bits per heavy atom. The minimum atomic E-state index is -0.200. The Labute approximate surface area is 150 Å². The molecule has 0 fully saturated rings. The number of carbonyl (C=O) groups is 1. The molecule has 1 aliphatic heterocycles. The number of fused-ring (bicyclic) bond motifs is 1. The lowest BCUT2D eigenvalue weighted by atomic mass is 9.99. The van der Waals surface area contributed by atoms with Gasteiger partial charge in [-0.2, -0.15) is 0 Å². The SMILES string of the molecule is Cn1c(C(=O)N2CCc3ncnc(-c4ccncc4)c3C2)cccc1=O. The van der Waals surface area contributed by atoms with Crippen molar-refractivity contribution < 1.29 is 4.79 Å². The number of carbonyl (C=O) groups excluding carboxylic acids is 1. The van der Waals surface area contributed by atoms with Gasteiger partial charge in [-0.1, -0.05) is 6.07 Å². The van der Waals surface area contributed by atoms with Crippen molar-refractivity contribution in [2.45, 2.75) is 13.0 Å². The fourth-order valence-electron chi connectivity index (χ4n) is 3.21. The zero-order chi connectivity index (χ0) is 18.1. The molecule has 0 atom stereocenters. The van der Waals surface area contributed by atoms with E-state index in [1.807, 2.05) is 12.1 Å². The molecule has 3 aromatic rings. The summed E-state index contributed by atoms with van der Waals surface area (Å²) >= 11 is 0. The van der Waals surface area contributed by atoms with Crippen LogP contribution in [0.4, 0.5) is 0 Å². The van der Waals surface area contributed by atoms with Crippen LogP contribution < -0.4 is 5.56 Å². The van der Waals surface area contributed by atoms with Crippen molar-refractivity contribution in [1.29, 1.82) is 0 Å². The summed E-state index contributed by atoms with van der Waals surface area (Å²) in [5.41, 5.74) is 3.84. The lowest BCUT2D eigenvalue weighted by Crippen LogP contribution is -2.39. The minimum Gasteiger partial charge on any atom is -0.333 e. The zero-order valence-corrected chi connectivity index (χ0v) is 14.3. The Bertz CT molecular complexity index is 1030. The first kappa shape index (κ1) is 16.1. The van der Waals surface area contributed by atoms with E-state index in [2.05, 4.69) is 15.0 Å². The second kappa shape index (κ2) is 6.51. The highest BCUT2D eigenvalue weighted by Gasteiger charge is 2.26. The molecule has 1 aliphatic rings. The van der Waals surface area contributed by atoms with E-state index >= 15 is 0 Å². The van der Waals surface area contributed by atoms with Gasteiger partial charge in [-0.15, -0.1) is 0 Å². The molecule has 0 N–H and O–H groups in total. The van der Waals surface area contributed by atoms with Crippen molar-refractivity contribution >= 4 is 5.91 Å². The van der Waals surface area contributed by atoms with E-state index in [-0.39, 0.29) is 11.5 Å². The summed E-state index contributed by atoms with van der Waals surface area (Å²) in [6.07, 6.45) is 5.65. The summed E-state index contributed by atoms with van der Waals surface area (Å²) in [5.74, 6) is -0.166. The summed E-state index contributed by atoms with van der Waals surface area (Å²) in [6, 6.07) is 8.51. The molecule has 4 heterocycles. The summed E-state index contributed by atoms with van der Waals surface area (Å²) in [4.78, 5) is 39.4. The van der Waals surface area contributed by atoms with Gasteiger partial charge in [0, 0.05) is 56.1 Å². The Hall–Kier alpha value is -3.35. The molecule has 7 heteroatoms. The van der Waals surface area contributed by atoms with Gasteiger partial charge in [-0.05, 0) is 18.2 Å². The summed E-state index contributed by atoms with van der Waals surface area (Å²) in [5, 5.41) is 0. The maximum Gasteiger partial charge on any atom is 0.270 e. The first-order chi connectivity index (χ1) is 12.6. The quantitative estimate of drug-likeness (QED) is 0.701. The van der Waals surface area contributed by atoms with Crippen molar-refractivity contribution in [3.63, 3.8) is 0 Å². The molecule has 0 bridgehead atoms. The van der Waals surface area contributed by atoms with E-state index in [1.165, 1.54) is 10.6 Å². The van der Waals surface area contributed by atoms with Gasteiger partial charge in [0.15, 0.2) is 0 Å². The van der Waals surface area contributed by atoms with Crippen molar-refractivity contribution in [3.05, 3.63) is 76.4 Å². The molecule has 0 unspecified atom stereocenters. The number of nitrogens with zero attached hydrogens (tertiary/aromatic N) is 5. The molecule has 0 saturated heterocycles. The van der Waals surface area contributed by atoms with Gasteiger partial charge >= 0.3 is 0 Å². The number of pyridine rings is 2. The van der Waals surface area contributed by atoms with Gasteiger partial charge in [0.05, 0.1) is 11.4 Å². The smallest absolute Gasteiger partial charge is 0.270 e. The van der Waals surface area contributed by atoms with Gasteiger partial charge in [-0.25, -0.2) is 9.97 Å². The first-order valence-corrected chi connectivity index (χ1v) is 8.33. The molecular weight excluding hydrogens is 330 g/mol. The molecule has 0 aliphatic carbocycles. The maximum absolute atomic E-state index is 12.9. The molecule has 0 aromatic carbocycles. The summed E-state index contributed by atoms with van der Waals surface area (Å²) in [6.45, 7) is 0.970. The van der Waals surface area contributed by atoms with Crippen LogP contribution in [-0.4, -0.2) is 36.9 Å². The van der Waals surface area contributed by atoms with E-state index in [0.717, 1.165) is 22.5 Å². The van der Waals surface area contributed by atoms with Crippen LogP contribution in [-0.2, 0) is 20.0 Å². The normalized spacial score (nSPS) is 13.3. The highest BCUT2D eigenvalue weighted by Crippen LogP contribution is 2.27. The molecule has 130 valence electrons. The Balaban J connectivity index is 1.71. The van der Waals surface area contributed by atoms with Crippen LogP contribution in [0.15, 0.2) is 53.8 Å². The molecule has 26 heavy (non-hydrogen) atoms. The summed E-state index contributed by atoms with van der Waals surface area (Å²) in [7, 11) is 1.61. The van der Waals surface area contributed by atoms with Gasteiger partial charge in [0.25, 0.3) is 11.5 Å². The van der Waals surface area contributed by atoms with Crippen LogP contribution in [0, 0.1) is 0 Å². The van der Waals surface area contributed by atoms with E-state index in [1.54, 1.807) is 42.8 Å². The van der Waals surface area contributed by atoms with Crippen molar-refractivity contribution in [2.24, 2.45) is 7.05 Å². The van der Waals surface area contributed by atoms with Crippen LogP contribution in [0.2, 0.25) is 0 Å². The molecule has 3 aromatic heterocycles. The second-order valence-corrected chi connectivity index (χ2v) is 6.17. The van der Waals surface area contributed by atoms with Crippen LogP contribution in [0.25, 0.3) is 11.3 Å². The number of hydrogen-bond acceptors (Lipinski definition) is 5. The third-order valence-corrected chi connectivity index (χ3v) is 4.65. The molecule has 1 amide bonds. The van der Waals surface area contributed by atoms with Gasteiger partial charge in [0.2, 0.25) is 0 Å². The van der Waals surface area contributed by atoms with E-state index in [4.69, 9.17) is 0 Å². The number of aromatic nitrogens is 4. The Kier molecular flexibility index (Phi) is 4.04. The van der Waals surface area contributed by atoms with Crippen molar-refractivity contribution in [1.82, 2.24) is 24.4 Å². The molecule has 0 saturated carbocycles. The van der Waals surface area contributed by atoms with Crippen molar-refractivity contribution in [2.75, 3.05) is 6.54 Å². The van der Waals surface area contributed by atoms with Crippen molar-refractivity contribution in [3.8, 4) is 11.3 Å². The minimum absolute atomic E-state index is 0.166. The lowest BCUT2D eigenvalue weighted by Gasteiger charge is -2.29. The highest BCUT2D eigenvalue weighted by molar-refractivity contribution is 5.92. The Morgan fingerprint density at radius 1 is 1.12 bits per heavy atom. The first-order valence-electron chi connectivity index (χ1n) is 8.33. The highest BCUT2D eigenvalue weighted by atomic mass is 16.2. The number of amides is 1. The third-order valence-electron chi connectivity index (χ3n) is 4.65. The topological polar surface area (TPSA) is 81.0 Å². The predicted molar refractivity (Wildman–Crippen MR) is 95.4 cm³/mol. The third kappa shape index (κ3) is 2.77. The lowest BCUT2D eigenvalue weighted by molar-refractivity contribution is 0.0722. The average molecular weight is 347 g/mol. The van der Waals surface area contributed by atoms with E-state index < -0.39 is 0 Å². The number of rotatable bonds is 2. The van der Waals surface area contributed by atoms with Crippen LogP contribution in [0.1, 0.15) is 21.7 Å². The zero-order valence-electron chi connectivity index (χ0n) is 14.3. The molecule has 0 radical (unpaired) electrons. The maximum atomic E-state index is 12.9. The van der Waals surface area contributed by atoms with Gasteiger partial charge in [0.1, 0.15) is 12.0 Å². The van der Waals surface area contributed by atoms with Crippen LogP contribution >= 0.6 is 0 Å². The molecule has 0 spiro atoms. The van der Waals surface area contributed by atoms with Gasteiger partial charge < -0.3 is 9.47 Å². The summed E-state index contributed by atoms with van der Waals surface area (Å²) < 4.78 is 1.38. The fourth-order valence-corrected chi connectivity index (χ4v) is 3.21. The van der Waals surface area contributed by atoms with E-state index in [0.29, 0.717) is 25.2 Å². The largest absolute Gasteiger partial charge is 0.333 e. The average Bonchev–Trinajstić information content (AvgIpc) is 2.69. The second-order valence-electron chi connectivity index (χ2n) is 6.17. The predicted octanol–water partition coefficient (Wildman–Crippen LogP) is 1.44. The number of hydrogen-bond donors (Lipinski definition) is 0. The Morgan fingerprint density at radius 3 is 2.73 bits per heavy atom. The monoisotopic (exact) mass is 347 g/mol. The standard InChI is InChI=1S/C19H17N5O2/c1-23-16(3-2-4-17(23)25)19(26)24-10-7-15-14(11-24)18(22-12-21-15)13-5-8-20-9-6-13/h2-6,8-9,12H,7,10-11H2,1H3. The molecule has 4 rings (SSSR count). The molecule has 7 nitrogen and oxygen atoms in total. The fraction of sp³-hybridized carbons (Fsp3) is 0.211. The van der Waals surface area contributed by atoms with E-state index in [9.17, 15) is 9.59 Å². The van der Waals surface area contributed by atoms with Crippen LogP contribution in [0.5, 0.6) is 0 Å². The molecular formula is C19H17N5O2. The van der Waals surface area contributed by atoms with Crippen LogP contribution in [0.3, 0.4) is 0 Å².